The maximum Gasteiger partial charge on any atom is 0.251 e. The summed E-state index contributed by atoms with van der Waals surface area (Å²) in [6, 6.07) is 9.60. The second-order valence-corrected chi connectivity index (χ2v) is 7.21. The number of fused-ring (bicyclic) bond motifs is 1. The number of para-hydroxylation sites is 1. The Balaban J connectivity index is 1.30. The molecule has 2 fully saturated rings. The minimum atomic E-state index is -0.0993. The van der Waals surface area contributed by atoms with E-state index in [1.807, 2.05) is 35.2 Å². The van der Waals surface area contributed by atoms with Gasteiger partial charge in [0.15, 0.2) is 0 Å². The van der Waals surface area contributed by atoms with Gasteiger partial charge in [-0.15, -0.1) is 0 Å². The molecule has 0 unspecified atom stereocenters. The summed E-state index contributed by atoms with van der Waals surface area (Å²) in [5.74, 6) is 0.126. The number of hydrogen-bond donors (Lipinski definition) is 2. The van der Waals surface area contributed by atoms with Gasteiger partial charge in [0.1, 0.15) is 0 Å². The lowest BCUT2D eigenvalue weighted by Crippen LogP contribution is -2.51. The first-order valence-corrected chi connectivity index (χ1v) is 9.44. The van der Waals surface area contributed by atoms with Crippen molar-refractivity contribution in [1.82, 2.24) is 15.2 Å². The maximum atomic E-state index is 12.5. The molecule has 0 radical (unpaired) electrons. The largest absolute Gasteiger partial charge is 0.372 e. The van der Waals surface area contributed by atoms with Crippen LogP contribution in [-0.2, 0) is 16.0 Å². The monoisotopic (exact) mass is 355 g/mol. The summed E-state index contributed by atoms with van der Waals surface area (Å²) < 4.78 is 6.00. The van der Waals surface area contributed by atoms with Crippen LogP contribution in [0, 0.1) is 0 Å². The van der Waals surface area contributed by atoms with Crippen molar-refractivity contribution in [2.45, 2.75) is 37.9 Å². The predicted molar refractivity (Wildman–Crippen MR) is 100 cm³/mol. The minimum absolute atomic E-state index is 0.0993. The number of H-pyrrole nitrogens is 1. The highest BCUT2D eigenvalue weighted by molar-refractivity contribution is 5.79. The van der Waals surface area contributed by atoms with Crippen LogP contribution >= 0.6 is 0 Å². The Hall–Kier alpha value is -2.18. The first kappa shape index (κ1) is 17.2. The number of aromatic nitrogens is 1. The van der Waals surface area contributed by atoms with Crippen LogP contribution in [-0.4, -0.2) is 54.2 Å². The number of pyridine rings is 1. The lowest BCUT2D eigenvalue weighted by Gasteiger charge is -2.36. The molecule has 138 valence electrons. The third-order valence-electron chi connectivity index (χ3n) is 5.36. The molecule has 0 atom stereocenters. The van der Waals surface area contributed by atoms with Crippen LogP contribution in [0.25, 0.3) is 10.9 Å². The Morgan fingerprint density at radius 3 is 2.65 bits per heavy atom. The zero-order valence-electron chi connectivity index (χ0n) is 14.9. The number of carbonyl (C=O) groups excluding carboxylic acids is 1. The Morgan fingerprint density at radius 2 is 1.92 bits per heavy atom. The maximum absolute atomic E-state index is 12.5. The molecule has 2 N–H and O–H groups in total. The summed E-state index contributed by atoms with van der Waals surface area (Å²) in [6.07, 6.45) is 3.27. The van der Waals surface area contributed by atoms with Crippen molar-refractivity contribution in [3.63, 3.8) is 0 Å². The molecule has 0 bridgehead atoms. The zero-order chi connectivity index (χ0) is 17.9. The molecule has 26 heavy (non-hydrogen) atoms. The molecule has 1 aromatic heterocycles. The molecule has 2 aliphatic rings. The average Bonchev–Trinajstić information content (AvgIpc) is 2.63. The van der Waals surface area contributed by atoms with Gasteiger partial charge in [-0.3, -0.25) is 9.59 Å². The predicted octanol–water partition coefficient (Wildman–Crippen LogP) is 1.44. The first-order valence-electron chi connectivity index (χ1n) is 9.44. The van der Waals surface area contributed by atoms with Crippen LogP contribution in [0.1, 0.15) is 24.8 Å². The highest BCUT2D eigenvalue weighted by atomic mass is 16.5. The van der Waals surface area contributed by atoms with Gasteiger partial charge in [-0.25, -0.2) is 0 Å². The van der Waals surface area contributed by atoms with E-state index in [4.69, 9.17) is 4.74 Å². The van der Waals surface area contributed by atoms with Gasteiger partial charge in [-0.05, 0) is 36.8 Å². The molecule has 6 heteroatoms. The van der Waals surface area contributed by atoms with E-state index in [1.54, 1.807) is 0 Å². The van der Waals surface area contributed by atoms with E-state index in [0.717, 1.165) is 49.9 Å². The van der Waals surface area contributed by atoms with Crippen LogP contribution in [0.5, 0.6) is 0 Å². The van der Waals surface area contributed by atoms with Crippen LogP contribution in [0.2, 0.25) is 0 Å². The fourth-order valence-electron chi connectivity index (χ4n) is 3.65. The second-order valence-electron chi connectivity index (χ2n) is 7.21. The number of rotatable bonds is 5. The third-order valence-corrected chi connectivity index (χ3v) is 5.36. The fraction of sp³-hybridized carbons (Fsp3) is 0.500. The minimum Gasteiger partial charge on any atom is -0.372 e. The van der Waals surface area contributed by atoms with Gasteiger partial charge in [-0.2, -0.15) is 0 Å². The van der Waals surface area contributed by atoms with Crippen molar-refractivity contribution in [3.05, 3.63) is 46.2 Å². The molecule has 1 amide bonds. The van der Waals surface area contributed by atoms with Gasteiger partial charge >= 0.3 is 0 Å². The number of aromatic amines is 1. The second kappa shape index (κ2) is 7.60. The molecule has 2 aromatic rings. The number of hydrogen-bond acceptors (Lipinski definition) is 4. The van der Waals surface area contributed by atoms with Gasteiger partial charge in [0.2, 0.25) is 5.91 Å². The molecular formula is C20H25N3O3. The Labute approximate surface area is 152 Å². The van der Waals surface area contributed by atoms with E-state index in [-0.39, 0.29) is 17.6 Å². The highest BCUT2D eigenvalue weighted by Crippen LogP contribution is 2.18. The van der Waals surface area contributed by atoms with Crippen molar-refractivity contribution < 1.29 is 9.53 Å². The van der Waals surface area contributed by atoms with Gasteiger partial charge in [0, 0.05) is 43.7 Å². The quantitative estimate of drug-likeness (QED) is 0.851. The number of nitrogens with one attached hydrogen (secondary N) is 2. The van der Waals surface area contributed by atoms with Crippen molar-refractivity contribution in [2.75, 3.05) is 26.2 Å². The molecule has 0 spiro atoms. The highest BCUT2D eigenvalue weighted by Gasteiger charge is 2.27. The van der Waals surface area contributed by atoms with Gasteiger partial charge < -0.3 is 19.9 Å². The van der Waals surface area contributed by atoms with E-state index in [0.29, 0.717) is 24.5 Å². The summed E-state index contributed by atoms with van der Waals surface area (Å²) in [6.45, 7) is 3.38. The molecule has 6 nitrogen and oxygen atoms in total. The molecule has 1 aromatic carbocycles. The molecular weight excluding hydrogens is 330 g/mol. The number of nitrogens with zero attached hydrogens (tertiary/aromatic N) is 1. The van der Waals surface area contributed by atoms with Crippen LogP contribution < -0.4 is 10.9 Å². The van der Waals surface area contributed by atoms with Crippen LogP contribution in [0.4, 0.5) is 0 Å². The first-order chi connectivity index (χ1) is 12.7. The number of amides is 1. The summed E-state index contributed by atoms with van der Waals surface area (Å²) in [5, 5.41) is 4.21. The van der Waals surface area contributed by atoms with Gasteiger partial charge in [-0.1, -0.05) is 18.2 Å². The number of carbonyl (C=O) groups is 1. The Morgan fingerprint density at radius 1 is 1.15 bits per heavy atom. The van der Waals surface area contributed by atoms with Crippen molar-refractivity contribution >= 4 is 16.8 Å². The number of ether oxygens (including phenoxy) is 1. The topological polar surface area (TPSA) is 74.4 Å². The van der Waals surface area contributed by atoms with Gasteiger partial charge in [0.05, 0.1) is 12.2 Å². The summed E-state index contributed by atoms with van der Waals surface area (Å²) >= 11 is 0. The number of aryl methyl sites for hydroxylation is 1. The van der Waals surface area contributed by atoms with Crippen molar-refractivity contribution in [2.24, 2.45) is 0 Å². The molecule has 2 saturated heterocycles. The molecule has 2 aliphatic heterocycles. The SMILES string of the molecule is O=C(CCc1cc2ccccc2[nH]c1=O)N1CCC(OC2CNC2)CC1. The van der Waals surface area contributed by atoms with E-state index in [1.165, 1.54) is 0 Å². The zero-order valence-corrected chi connectivity index (χ0v) is 14.9. The van der Waals surface area contributed by atoms with Gasteiger partial charge in [0.25, 0.3) is 5.56 Å². The normalized spacial score (nSPS) is 18.8. The molecule has 3 heterocycles. The fourth-order valence-corrected chi connectivity index (χ4v) is 3.65. The van der Waals surface area contributed by atoms with Crippen molar-refractivity contribution in [1.29, 1.82) is 0 Å². The van der Waals surface area contributed by atoms with Crippen LogP contribution in [0.15, 0.2) is 35.1 Å². The number of likely N-dealkylation sites (tertiary alicyclic amines) is 1. The smallest absolute Gasteiger partial charge is 0.251 e. The van der Waals surface area contributed by atoms with Crippen molar-refractivity contribution in [3.8, 4) is 0 Å². The van der Waals surface area contributed by atoms with Crippen LogP contribution in [0.3, 0.4) is 0 Å². The lowest BCUT2D eigenvalue weighted by atomic mass is 10.0. The number of benzene rings is 1. The van der Waals surface area contributed by atoms with E-state index < -0.39 is 0 Å². The Kier molecular flexibility index (Phi) is 5.04. The molecule has 0 saturated carbocycles. The summed E-state index contributed by atoms with van der Waals surface area (Å²) in [5.41, 5.74) is 1.40. The summed E-state index contributed by atoms with van der Waals surface area (Å²) in [4.78, 5) is 29.5. The van der Waals surface area contributed by atoms with E-state index in [9.17, 15) is 9.59 Å². The molecule has 4 rings (SSSR count). The molecule has 0 aliphatic carbocycles. The van der Waals surface area contributed by atoms with E-state index in [2.05, 4.69) is 10.3 Å². The standard InChI is InChI=1S/C20H25N3O3/c24-19(23-9-7-16(8-10-23)26-17-12-21-13-17)6-5-15-11-14-3-1-2-4-18(14)22-20(15)25/h1-4,11,16-17,21H,5-10,12-13H2,(H,22,25). The average molecular weight is 355 g/mol. The summed E-state index contributed by atoms with van der Waals surface area (Å²) in [7, 11) is 0. The van der Waals surface area contributed by atoms with E-state index >= 15 is 0 Å². The Bertz CT molecular complexity index is 836. The lowest BCUT2D eigenvalue weighted by molar-refractivity contribution is -0.135. The number of piperidine rings is 1. The third kappa shape index (κ3) is 3.81.